The van der Waals surface area contributed by atoms with Crippen molar-refractivity contribution >= 4 is 27.8 Å². The molecule has 1 aliphatic rings. The Kier molecular flexibility index (Phi) is 7.20. The van der Waals surface area contributed by atoms with Gasteiger partial charge in [-0.1, -0.05) is 178 Å². The molecule has 1 nitrogen and oxygen atoms in total. The van der Waals surface area contributed by atoms with Crippen molar-refractivity contribution in [3.63, 3.8) is 0 Å². The SMILES string of the molecule is [2H]c1c([2H])c(N(c2ccc(-c3cccc(-c4ccc5ccccc5c4)c3)cc2)c2ccc(-c3cccc4c3C(C)(C)c3ccccc3-4)cc2)c([2H])c([2H])c1-c1ccccc1. The van der Waals surface area contributed by atoms with E-state index in [1.165, 1.54) is 38.6 Å². The molecule has 0 atom stereocenters. The van der Waals surface area contributed by atoms with Crippen molar-refractivity contribution < 1.29 is 5.48 Å². The first-order valence-corrected chi connectivity index (χ1v) is 19.2. The van der Waals surface area contributed by atoms with Gasteiger partial charge < -0.3 is 4.90 Å². The zero-order valence-electron chi connectivity index (χ0n) is 35.3. The van der Waals surface area contributed by atoms with Crippen molar-refractivity contribution in [2.75, 3.05) is 4.90 Å². The standard InChI is InChI=1S/C55H41N/c1-55(2)53-21-9-8-18-51(53)52-20-11-19-50(54(52)55)42-28-34-49(35-29-42)56(47-30-24-40(25-31-47)38-12-4-3-5-13-38)48-32-26-41(27-33-48)44-16-10-17-45(36-44)46-23-22-39-14-6-7-15-43(39)37-46/h3-37H,1-2H3/i24D,25D,30D,31D. The van der Waals surface area contributed by atoms with Crippen LogP contribution in [0, 0.1) is 0 Å². The summed E-state index contributed by atoms with van der Waals surface area (Å²) in [5.74, 6) is 0. The molecule has 9 aromatic rings. The topological polar surface area (TPSA) is 3.24 Å². The van der Waals surface area contributed by atoms with Gasteiger partial charge in [-0.05, 0) is 126 Å². The van der Waals surface area contributed by atoms with Gasteiger partial charge in [0.25, 0.3) is 0 Å². The molecule has 1 heteroatoms. The molecule has 0 aromatic heterocycles. The molecule has 266 valence electrons. The zero-order chi connectivity index (χ0) is 41.1. The van der Waals surface area contributed by atoms with Crippen LogP contribution in [0.4, 0.5) is 17.1 Å². The first-order valence-electron chi connectivity index (χ1n) is 21.2. The molecule has 0 radical (unpaired) electrons. The van der Waals surface area contributed by atoms with Crippen LogP contribution in [0.1, 0.15) is 30.5 Å². The van der Waals surface area contributed by atoms with E-state index in [4.69, 9.17) is 0 Å². The summed E-state index contributed by atoms with van der Waals surface area (Å²) in [5.41, 5.74) is 14.1. The van der Waals surface area contributed by atoms with Crippen LogP contribution in [-0.2, 0) is 5.41 Å². The van der Waals surface area contributed by atoms with Gasteiger partial charge in [-0.3, -0.25) is 0 Å². The maximum absolute atomic E-state index is 9.42. The van der Waals surface area contributed by atoms with Gasteiger partial charge in [0, 0.05) is 22.5 Å². The maximum atomic E-state index is 9.42. The number of anilines is 3. The summed E-state index contributed by atoms with van der Waals surface area (Å²) < 4.78 is 37.2. The second kappa shape index (κ2) is 13.7. The lowest BCUT2D eigenvalue weighted by molar-refractivity contribution is 0.662. The summed E-state index contributed by atoms with van der Waals surface area (Å²) in [7, 11) is 0. The normalized spacial score (nSPS) is 13.6. The Balaban J connectivity index is 1.07. The Hall–Kier alpha value is -6.96. The second-order valence-corrected chi connectivity index (χ2v) is 15.1. The first-order chi connectivity index (χ1) is 29.2. The molecular formula is C55H41N. The molecule has 0 unspecified atom stereocenters. The maximum Gasteiger partial charge on any atom is 0.0645 e. The van der Waals surface area contributed by atoms with Crippen LogP contribution in [0.3, 0.4) is 0 Å². The first kappa shape index (κ1) is 29.4. The van der Waals surface area contributed by atoms with Crippen LogP contribution in [0.2, 0.25) is 0 Å². The van der Waals surface area contributed by atoms with Crippen LogP contribution in [0.5, 0.6) is 0 Å². The Bertz CT molecular complexity index is 3070. The molecule has 0 aliphatic heterocycles. The average Bonchev–Trinajstić information content (AvgIpc) is 3.53. The minimum Gasteiger partial charge on any atom is -0.311 e. The third-order valence-corrected chi connectivity index (χ3v) is 11.3. The fourth-order valence-electron chi connectivity index (χ4n) is 8.50. The molecule has 0 bridgehead atoms. The summed E-state index contributed by atoms with van der Waals surface area (Å²) in [6.45, 7) is 4.59. The van der Waals surface area contributed by atoms with E-state index in [1.807, 2.05) is 59.5 Å². The van der Waals surface area contributed by atoms with Crippen molar-refractivity contribution in [3.05, 3.63) is 223 Å². The lowest BCUT2D eigenvalue weighted by Crippen LogP contribution is -2.16. The predicted molar refractivity (Wildman–Crippen MR) is 238 cm³/mol. The molecule has 10 rings (SSSR count). The molecule has 0 saturated heterocycles. The van der Waals surface area contributed by atoms with E-state index < -0.39 is 0 Å². The van der Waals surface area contributed by atoms with Gasteiger partial charge in [0.15, 0.2) is 0 Å². The van der Waals surface area contributed by atoms with Gasteiger partial charge in [0.05, 0.1) is 5.48 Å². The average molecular weight is 720 g/mol. The number of benzene rings is 9. The Morgan fingerprint density at radius 3 is 1.62 bits per heavy atom. The van der Waals surface area contributed by atoms with E-state index in [0.717, 1.165) is 39.2 Å². The third kappa shape index (κ3) is 5.90. The second-order valence-electron chi connectivity index (χ2n) is 15.1. The van der Waals surface area contributed by atoms with Crippen molar-refractivity contribution in [1.29, 1.82) is 0 Å². The highest BCUT2D eigenvalue weighted by atomic mass is 15.1. The molecule has 1 aliphatic carbocycles. The molecule has 56 heavy (non-hydrogen) atoms. The Morgan fingerprint density at radius 2 is 0.875 bits per heavy atom. The van der Waals surface area contributed by atoms with E-state index in [0.29, 0.717) is 5.56 Å². The summed E-state index contributed by atoms with van der Waals surface area (Å²) in [6, 6.07) is 64.0. The fraction of sp³-hybridized carbons (Fsp3) is 0.0545. The third-order valence-electron chi connectivity index (χ3n) is 11.3. The molecule has 0 saturated carbocycles. The van der Waals surface area contributed by atoms with E-state index >= 15 is 0 Å². The minimum atomic E-state index is -0.181. The highest BCUT2D eigenvalue weighted by Gasteiger charge is 2.37. The van der Waals surface area contributed by atoms with E-state index in [-0.39, 0.29) is 40.8 Å². The summed E-state index contributed by atoms with van der Waals surface area (Å²) in [4.78, 5) is 1.86. The van der Waals surface area contributed by atoms with Crippen LogP contribution in [-0.4, -0.2) is 0 Å². The monoisotopic (exact) mass is 719 g/mol. The number of nitrogens with zero attached hydrogens (tertiary/aromatic N) is 1. The predicted octanol–water partition coefficient (Wildman–Crippen LogP) is 15.3. The largest absolute Gasteiger partial charge is 0.311 e. The van der Waals surface area contributed by atoms with Crippen molar-refractivity contribution in [2.24, 2.45) is 0 Å². The molecule has 0 N–H and O–H groups in total. The minimum absolute atomic E-state index is 0.0809. The van der Waals surface area contributed by atoms with Crippen molar-refractivity contribution in [3.8, 4) is 55.6 Å². The number of hydrogen-bond donors (Lipinski definition) is 0. The van der Waals surface area contributed by atoms with Crippen LogP contribution < -0.4 is 4.90 Å². The van der Waals surface area contributed by atoms with E-state index in [2.05, 4.69) is 147 Å². The highest BCUT2D eigenvalue weighted by Crippen LogP contribution is 2.52. The molecule has 0 amide bonds. The lowest BCUT2D eigenvalue weighted by Gasteiger charge is -2.27. The van der Waals surface area contributed by atoms with Gasteiger partial charge in [0.2, 0.25) is 0 Å². The van der Waals surface area contributed by atoms with Gasteiger partial charge >= 0.3 is 0 Å². The molecular weight excluding hydrogens is 675 g/mol. The molecule has 9 aromatic carbocycles. The van der Waals surface area contributed by atoms with E-state index in [1.54, 1.807) is 0 Å². The van der Waals surface area contributed by atoms with Gasteiger partial charge in [-0.25, -0.2) is 0 Å². The fourth-order valence-corrected chi connectivity index (χ4v) is 8.50. The summed E-state index contributed by atoms with van der Waals surface area (Å²) >= 11 is 0. The van der Waals surface area contributed by atoms with Crippen molar-refractivity contribution in [2.45, 2.75) is 19.3 Å². The summed E-state index contributed by atoms with van der Waals surface area (Å²) in [6.07, 6.45) is 0. The summed E-state index contributed by atoms with van der Waals surface area (Å²) in [5, 5.41) is 2.41. The van der Waals surface area contributed by atoms with E-state index in [9.17, 15) is 5.48 Å². The van der Waals surface area contributed by atoms with Gasteiger partial charge in [-0.15, -0.1) is 0 Å². The Morgan fingerprint density at radius 1 is 0.357 bits per heavy atom. The van der Waals surface area contributed by atoms with Gasteiger partial charge in [-0.2, -0.15) is 0 Å². The quantitative estimate of drug-likeness (QED) is 0.159. The molecule has 0 fully saturated rings. The van der Waals surface area contributed by atoms with Crippen LogP contribution >= 0.6 is 0 Å². The zero-order valence-corrected chi connectivity index (χ0v) is 31.3. The van der Waals surface area contributed by atoms with Gasteiger partial charge in [0.1, 0.15) is 0 Å². The molecule has 0 heterocycles. The number of hydrogen-bond acceptors (Lipinski definition) is 1. The Labute approximate surface area is 335 Å². The lowest BCUT2D eigenvalue weighted by atomic mass is 9.79. The van der Waals surface area contributed by atoms with Crippen molar-refractivity contribution in [1.82, 2.24) is 0 Å². The number of fused-ring (bicyclic) bond motifs is 4. The van der Waals surface area contributed by atoms with Crippen LogP contribution in [0.15, 0.2) is 212 Å². The number of rotatable bonds is 7. The highest BCUT2D eigenvalue weighted by molar-refractivity contribution is 5.90. The van der Waals surface area contributed by atoms with Crippen LogP contribution in [0.25, 0.3) is 66.4 Å². The molecule has 0 spiro atoms. The smallest absolute Gasteiger partial charge is 0.0645 e.